The second-order valence-electron chi connectivity index (χ2n) is 6.42. The minimum Gasteiger partial charge on any atom is -0.313 e. The van der Waals surface area contributed by atoms with E-state index in [1.54, 1.807) is 0 Å². The highest BCUT2D eigenvalue weighted by Crippen LogP contribution is 2.29. The van der Waals surface area contributed by atoms with Crippen molar-refractivity contribution in [2.45, 2.75) is 65.0 Å². The van der Waals surface area contributed by atoms with Crippen LogP contribution in [0.1, 0.15) is 52.9 Å². The van der Waals surface area contributed by atoms with Gasteiger partial charge in [0.05, 0.1) is 0 Å². The molecule has 0 aromatic rings. The molecule has 1 aliphatic carbocycles. The molecule has 0 aromatic carbocycles. The molecule has 100 valence electrons. The number of likely N-dealkylation sites (tertiary alicyclic amines) is 1. The summed E-state index contributed by atoms with van der Waals surface area (Å²) in [6.45, 7) is 10.9. The number of nitrogens with zero attached hydrogens (tertiary/aromatic N) is 1. The molecule has 0 spiro atoms. The summed E-state index contributed by atoms with van der Waals surface area (Å²) in [6.07, 6.45) is 7.09. The largest absolute Gasteiger partial charge is 0.313 e. The van der Waals surface area contributed by atoms with Crippen molar-refractivity contribution in [1.82, 2.24) is 10.2 Å². The van der Waals surface area contributed by atoms with Crippen LogP contribution in [0.5, 0.6) is 0 Å². The summed E-state index contributed by atoms with van der Waals surface area (Å²) < 4.78 is 0. The maximum Gasteiger partial charge on any atom is 0.0249 e. The molecule has 2 nitrogen and oxygen atoms in total. The van der Waals surface area contributed by atoms with Crippen molar-refractivity contribution in [3.05, 3.63) is 0 Å². The lowest BCUT2D eigenvalue weighted by molar-refractivity contribution is 0.0570. The fraction of sp³-hybridized carbons (Fsp3) is 1.00. The SMILES string of the molecule is CCNC1CCCCC1N1CC(C)CC(C)C1. The first-order valence-electron chi connectivity index (χ1n) is 7.68. The summed E-state index contributed by atoms with van der Waals surface area (Å²) in [5.74, 6) is 1.78. The molecule has 1 saturated carbocycles. The lowest BCUT2D eigenvalue weighted by atomic mass is 9.84. The van der Waals surface area contributed by atoms with Crippen molar-refractivity contribution < 1.29 is 0 Å². The second-order valence-corrected chi connectivity index (χ2v) is 6.42. The van der Waals surface area contributed by atoms with E-state index in [1.165, 1.54) is 45.2 Å². The van der Waals surface area contributed by atoms with Crippen LogP contribution < -0.4 is 5.32 Å². The van der Waals surface area contributed by atoms with Crippen LogP contribution in [0.25, 0.3) is 0 Å². The van der Waals surface area contributed by atoms with Gasteiger partial charge in [0.2, 0.25) is 0 Å². The monoisotopic (exact) mass is 238 g/mol. The van der Waals surface area contributed by atoms with Gasteiger partial charge in [-0.1, -0.05) is 33.6 Å². The highest BCUT2D eigenvalue weighted by molar-refractivity contribution is 4.90. The van der Waals surface area contributed by atoms with E-state index < -0.39 is 0 Å². The lowest BCUT2D eigenvalue weighted by Gasteiger charge is -2.45. The minimum atomic E-state index is 0.756. The van der Waals surface area contributed by atoms with Crippen molar-refractivity contribution in [2.75, 3.05) is 19.6 Å². The van der Waals surface area contributed by atoms with Gasteiger partial charge in [-0.15, -0.1) is 0 Å². The topological polar surface area (TPSA) is 15.3 Å². The molecule has 4 unspecified atom stereocenters. The molecule has 17 heavy (non-hydrogen) atoms. The number of hydrogen-bond donors (Lipinski definition) is 1. The number of hydrogen-bond acceptors (Lipinski definition) is 2. The van der Waals surface area contributed by atoms with E-state index in [2.05, 4.69) is 31.0 Å². The van der Waals surface area contributed by atoms with Crippen molar-refractivity contribution in [3.63, 3.8) is 0 Å². The maximum absolute atomic E-state index is 3.72. The van der Waals surface area contributed by atoms with Gasteiger partial charge in [0.15, 0.2) is 0 Å². The van der Waals surface area contributed by atoms with Crippen LogP contribution in [-0.2, 0) is 0 Å². The van der Waals surface area contributed by atoms with Crippen LogP contribution >= 0.6 is 0 Å². The quantitative estimate of drug-likeness (QED) is 0.813. The molecule has 1 N–H and O–H groups in total. The van der Waals surface area contributed by atoms with Gasteiger partial charge in [0.25, 0.3) is 0 Å². The molecule has 1 heterocycles. The summed E-state index contributed by atoms with van der Waals surface area (Å²) in [7, 11) is 0. The van der Waals surface area contributed by atoms with Gasteiger partial charge in [0.1, 0.15) is 0 Å². The molecule has 1 saturated heterocycles. The summed E-state index contributed by atoms with van der Waals surface area (Å²) in [5, 5.41) is 3.72. The Labute approximate surface area is 107 Å². The Morgan fingerprint density at radius 1 is 1.06 bits per heavy atom. The summed E-state index contributed by atoms with van der Waals surface area (Å²) >= 11 is 0. The van der Waals surface area contributed by atoms with E-state index in [0.29, 0.717) is 0 Å². The molecule has 0 amide bonds. The molecule has 2 heteroatoms. The Morgan fingerprint density at radius 3 is 2.35 bits per heavy atom. The van der Waals surface area contributed by atoms with Crippen molar-refractivity contribution in [3.8, 4) is 0 Å². The first kappa shape index (κ1) is 13.4. The summed E-state index contributed by atoms with van der Waals surface area (Å²) in [5.41, 5.74) is 0. The zero-order valence-corrected chi connectivity index (χ0v) is 11.9. The molecular weight excluding hydrogens is 208 g/mol. The molecule has 2 fully saturated rings. The van der Waals surface area contributed by atoms with Gasteiger partial charge >= 0.3 is 0 Å². The van der Waals surface area contributed by atoms with E-state index in [1.807, 2.05) is 0 Å². The first-order valence-corrected chi connectivity index (χ1v) is 7.68. The zero-order valence-electron chi connectivity index (χ0n) is 11.9. The van der Waals surface area contributed by atoms with Crippen LogP contribution in [0.2, 0.25) is 0 Å². The predicted molar refractivity (Wildman–Crippen MR) is 74.2 cm³/mol. The standard InChI is InChI=1S/C15H30N2/c1-4-16-14-7-5-6-8-15(14)17-10-12(2)9-13(3)11-17/h12-16H,4-11H2,1-3H3. The zero-order chi connectivity index (χ0) is 12.3. The van der Waals surface area contributed by atoms with E-state index in [9.17, 15) is 0 Å². The Kier molecular flexibility index (Phi) is 4.87. The molecular formula is C15H30N2. The van der Waals surface area contributed by atoms with Gasteiger partial charge < -0.3 is 5.32 Å². The third-order valence-electron chi connectivity index (χ3n) is 4.56. The van der Waals surface area contributed by atoms with Crippen LogP contribution in [0.4, 0.5) is 0 Å². The van der Waals surface area contributed by atoms with E-state index in [0.717, 1.165) is 30.5 Å². The summed E-state index contributed by atoms with van der Waals surface area (Å²) in [4.78, 5) is 2.80. The number of piperidine rings is 1. The van der Waals surface area contributed by atoms with Gasteiger partial charge in [-0.3, -0.25) is 4.90 Å². The van der Waals surface area contributed by atoms with E-state index >= 15 is 0 Å². The van der Waals surface area contributed by atoms with E-state index in [4.69, 9.17) is 0 Å². The molecule has 0 radical (unpaired) electrons. The fourth-order valence-corrected chi connectivity index (χ4v) is 4.03. The average Bonchev–Trinajstić information content (AvgIpc) is 2.29. The van der Waals surface area contributed by atoms with Crippen molar-refractivity contribution >= 4 is 0 Å². The van der Waals surface area contributed by atoms with Crippen LogP contribution in [0.3, 0.4) is 0 Å². The number of rotatable bonds is 3. The van der Waals surface area contributed by atoms with Crippen molar-refractivity contribution in [1.29, 1.82) is 0 Å². The van der Waals surface area contributed by atoms with Crippen LogP contribution in [-0.4, -0.2) is 36.6 Å². The lowest BCUT2D eigenvalue weighted by Crippen LogP contribution is -2.55. The van der Waals surface area contributed by atoms with Gasteiger partial charge in [-0.2, -0.15) is 0 Å². The third-order valence-corrected chi connectivity index (χ3v) is 4.56. The summed E-state index contributed by atoms with van der Waals surface area (Å²) in [6, 6.07) is 1.57. The van der Waals surface area contributed by atoms with Gasteiger partial charge in [-0.05, 0) is 37.6 Å². The minimum absolute atomic E-state index is 0.756. The Bertz CT molecular complexity index is 217. The molecule has 1 aliphatic heterocycles. The molecule has 0 bridgehead atoms. The normalized spacial score (nSPS) is 40.4. The first-order chi connectivity index (χ1) is 8.20. The number of likely N-dealkylation sites (N-methyl/N-ethyl adjacent to an activating group) is 1. The van der Waals surface area contributed by atoms with E-state index in [-0.39, 0.29) is 0 Å². The fourth-order valence-electron chi connectivity index (χ4n) is 4.03. The molecule has 0 aromatic heterocycles. The highest BCUT2D eigenvalue weighted by Gasteiger charge is 2.33. The second kappa shape index (κ2) is 6.19. The predicted octanol–water partition coefficient (Wildman–Crippen LogP) is 2.89. The molecule has 2 aliphatic rings. The van der Waals surface area contributed by atoms with Gasteiger partial charge in [-0.25, -0.2) is 0 Å². The van der Waals surface area contributed by atoms with Gasteiger partial charge in [0, 0.05) is 25.2 Å². The number of nitrogens with one attached hydrogen (secondary N) is 1. The maximum atomic E-state index is 3.72. The molecule has 2 rings (SSSR count). The Morgan fingerprint density at radius 2 is 1.71 bits per heavy atom. The highest BCUT2D eigenvalue weighted by atomic mass is 15.2. The average molecular weight is 238 g/mol. The van der Waals surface area contributed by atoms with Crippen molar-refractivity contribution in [2.24, 2.45) is 11.8 Å². The van der Waals surface area contributed by atoms with Crippen LogP contribution in [0.15, 0.2) is 0 Å². The van der Waals surface area contributed by atoms with Crippen LogP contribution in [0, 0.1) is 11.8 Å². The Hall–Kier alpha value is -0.0800. The third kappa shape index (κ3) is 3.45. The Balaban J connectivity index is 1.97. The smallest absolute Gasteiger partial charge is 0.0249 e. The molecule has 4 atom stereocenters.